The van der Waals surface area contributed by atoms with Crippen LogP contribution in [0.15, 0.2) is 24.3 Å². The molecule has 0 aromatic heterocycles. The van der Waals surface area contributed by atoms with E-state index in [1.165, 1.54) is 75.5 Å². The molecule has 0 aliphatic heterocycles. The summed E-state index contributed by atoms with van der Waals surface area (Å²) >= 11 is 0. The molecule has 0 spiro atoms. The lowest BCUT2D eigenvalue weighted by Crippen LogP contribution is -2.34. The van der Waals surface area contributed by atoms with Gasteiger partial charge in [0.05, 0.1) is 0 Å². The molecule has 0 amide bonds. The maximum atomic E-state index is 11.0. The van der Waals surface area contributed by atoms with Gasteiger partial charge in [-0.2, -0.15) is 0 Å². The molecule has 0 atom stereocenters. The SMILES string of the molecule is CCCCCCCCCCCCCCc1cccc(N(CC(=O)O)CC(=O)O)c1. The Morgan fingerprint density at radius 1 is 0.759 bits per heavy atom. The first-order chi connectivity index (χ1) is 14.0. The van der Waals surface area contributed by atoms with Crippen molar-refractivity contribution in [1.82, 2.24) is 0 Å². The van der Waals surface area contributed by atoms with Crippen molar-refractivity contribution in [3.8, 4) is 0 Å². The largest absolute Gasteiger partial charge is 0.480 e. The summed E-state index contributed by atoms with van der Waals surface area (Å²) in [6, 6.07) is 7.60. The Kier molecular flexibility index (Phi) is 13.6. The molecule has 0 heterocycles. The molecule has 0 aliphatic carbocycles. The van der Waals surface area contributed by atoms with E-state index in [4.69, 9.17) is 10.2 Å². The minimum atomic E-state index is -1.03. The van der Waals surface area contributed by atoms with Gasteiger partial charge in [-0.1, -0.05) is 89.7 Å². The molecule has 0 fully saturated rings. The Hall–Kier alpha value is -2.04. The summed E-state index contributed by atoms with van der Waals surface area (Å²) in [6.45, 7) is 1.63. The van der Waals surface area contributed by atoms with Crippen LogP contribution in [0.1, 0.15) is 89.5 Å². The van der Waals surface area contributed by atoms with Crippen LogP contribution >= 0.6 is 0 Å². The highest BCUT2D eigenvalue weighted by Crippen LogP contribution is 2.18. The fourth-order valence-corrected chi connectivity index (χ4v) is 3.64. The Balaban J connectivity index is 2.22. The summed E-state index contributed by atoms with van der Waals surface area (Å²) in [5.41, 5.74) is 1.79. The Morgan fingerprint density at radius 2 is 1.24 bits per heavy atom. The average Bonchev–Trinajstić information content (AvgIpc) is 2.68. The van der Waals surface area contributed by atoms with E-state index in [9.17, 15) is 9.59 Å². The number of aryl methyl sites for hydroxylation is 1. The van der Waals surface area contributed by atoms with Gasteiger partial charge in [-0.25, -0.2) is 0 Å². The first-order valence-electron chi connectivity index (χ1n) is 11.3. The molecule has 0 saturated carbocycles. The molecule has 1 aromatic rings. The van der Waals surface area contributed by atoms with Gasteiger partial charge in [0, 0.05) is 5.69 Å². The van der Waals surface area contributed by atoms with E-state index in [2.05, 4.69) is 6.92 Å². The van der Waals surface area contributed by atoms with Crippen LogP contribution in [-0.4, -0.2) is 35.2 Å². The smallest absolute Gasteiger partial charge is 0.323 e. The van der Waals surface area contributed by atoms with Crippen molar-refractivity contribution >= 4 is 17.6 Å². The zero-order valence-electron chi connectivity index (χ0n) is 18.1. The summed E-state index contributed by atoms with van der Waals surface area (Å²) in [4.78, 5) is 23.4. The van der Waals surface area contributed by atoms with E-state index in [0.29, 0.717) is 5.69 Å². The number of carboxylic acid groups (broad SMARTS) is 2. The van der Waals surface area contributed by atoms with Crippen molar-refractivity contribution in [2.45, 2.75) is 90.4 Å². The molecule has 29 heavy (non-hydrogen) atoms. The topological polar surface area (TPSA) is 77.8 Å². The van der Waals surface area contributed by atoms with Gasteiger partial charge in [-0.05, 0) is 30.5 Å². The Labute approximate surface area is 176 Å². The fraction of sp³-hybridized carbons (Fsp3) is 0.667. The van der Waals surface area contributed by atoms with Gasteiger partial charge < -0.3 is 15.1 Å². The highest BCUT2D eigenvalue weighted by molar-refractivity contribution is 5.79. The molecule has 1 aromatic carbocycles. The van der Waals surface area contributed by atoms with E-state index in [-0.39, 0.29) is 13.1 Å². The normalized spacial score (nSPS) is 10.8. The number of carbonyl (C=O) groups is 2. The molecule has 0 unspecified atom stereocenters. The maximum Gasteiger partial charge on any atom is 0.323 e. The molecule has 2 N–H and O–H groups in total. The molecule has 5 heteroatoms. The van der Waals surface area contributed by atoms with Crippen molar-refractivity contribution in [1.29, 1.82) is 0 Å². The third-order valence-electron chi connectivity index (χ3n) is 5.25. The third kappa shape index (κ3) is 12.9. The van der Waals surface area contributed by atoms with Gasteiger partial charge in [0.15, 0.2) is 0 Å². The predicted molar refractivity (Wildman–Crippen MR) is 119 cm³/mol. The zero-order valence-corrected chi connectivity index (χ0v) is 18.1. The van der Waals surface area contributed by atoms with Crippen LogP contribution in [0.25, 0.3) is 0 Å². The van der Waals surface area contributed by atoms with Crippen molar-refractivity contribution in [3.05, 3.63) is 29.8 Å². The second-order valence-electron chi connectivity index (χ2n) is 7.95. The van der Waals surface area contributed by atoms with Gasteiger partial charge in [-0.3, -0.25) is 9.59 Å². The number of unbranched alkanes of at least 4 members (excludes halogenated alkanes) is 11. The molecule has 5 nitrogen and oxygen atoms in total. The number of hydrogen-bond donors (Lipinski definition) is 2. The first-order valence-corrected chi connectivity index (χ1v) is 11.3. The van der Waals surface area contributed by atoms with Gasteiger partial charge >= 0.3 is 11.9 Å². The molecular formula is C24H39NO4. The molecule has 0 bridgehead atoms. The lowest BCUT2D eigenvalue weighted by Gasteiger charge is -2.21. The number of anilines is 1. The monoisotopic (exact) mass is 405 g/mol. The van der Waals surface area contributed by atoms with Crippen LogP contribution < -0.4 is 4.90 Å². The number of nitrogens with zero attached hydrogens (tertiary/aromatic N) is 1. The van der Waals surface area contributed by atoms with Crippen molar-refractivity contribution < 1.29 is 19.8 Å². The summed E-state index contributed by atoms with van der Waals surface area (Å²) in [5, 5.41) is 18.0. The highest BCUT2D eigenvalue weighted by Gasteiger charge is 2.14. The second kappa shape index (κ2) is 15.8. The van der Waals surface area contributed by atoms with Gasteiger partial charge in [-0.15, -0.1) is 0 Å². The molecule has 0 radical (unpaired) electrons. The number of carboxylic acids is 2. The molecular weight excluding hydrogens is 366 g/mol. The summed E-state index contributed by atoms with van der Waals surface area (Å²) in [7, 11) is 0. The number of aliphatic carboxylic acids is 2. The van der Waals surface area contributed by atoms with Crippen LogP contribution in [0.3, 0.4) is 0 Å². The van der Waals surface area contributed by atoms with E-state index in [1.54, 1.807) is 6.07 Å². The standard InChI is InChI=1S/C24H39NO4/c1-2-3-4-5-6-7-8-9-10-11-12-13-15-21-16-14-17-22(18-21)25(19-23(26)27)20-24(28)29/h14,16-18H,2-13,15,19-20H2,1H3,(H,26,27)(H,28,29). The second-order valence-corrected chi connectivity index (χ2v) is 7.95. The molecule has 0 aliphatic rings. The van der Waals surface area contributed by atoms with Crippen molar-refractivity contribution in [2.75, 3.05) is 18.0 Å². The van der Waals surface area contributed by atoms with Crippen molar-refractivity contribution in [2.24, 2.45) is 0 Å². The highest BCUT2D eigenvalue weighted by atomic mass is 16.4. The quantitative estimate of drug-likeness (QED) is 0.297. The molecule has 1 rings (SSSR count). The summed E-state index contributed by atoms with van der Waals surface area (Å²) in [5.74, 6) is -2.06. The minimum absolute atomic E-state index is 0.311. The minimum Gasteiger partial charge on any atom is -0.480 e. The van der Waals surface area contributed by atoms with Crippen LogP contribution in [0.2, 0.25) is 0 Å². The fourth-order valence-electron chi connectivity index (χ4n) is 3.64. The lowest BCUT2D eigenvalue weighted by molar-refractivity contribution is -0.136. The van der Waals surface area contributed by atoms with Crippen LogP contribution in [0.5, 0.6) is 0 Å². The summed E-state index contributed by atoms with van der Waals surface area (Å²) < 4.78 is 0. The van der Waals surface area contributed by atoms with Gasteiger partial charge in [0.2, 0.25) is 0 Å². The predicted octanol–water partition coefficient (Wildman–Crippen LogP) is 5.91. The number of benzene rings is 1. The van der Waals surface area contributed by atoms with E-state index < -0.39 is 11.9 Å². The zero-order chi connectivity index (χ0) is 21.3. The van der Waals surface area contributed by atoms with E-state index >= 15 is 0 Å². The average molecular weight is 406 g/mol. The Bertz CT molecular complexity index is 572. The van der Waals surface area contributed by atoms with Gasteiger partial charge in [0.25, 0.3) is 0 Å². The summed E-state index contributed by atoms with van der Waals surface area (Å²) in [6.07, 6.45) is 16.8. The van der Waals surface area contributed by atoms with Crippen LogP contribution in [0.4, 0.5) is 5.69 Å². The van der Waals surface area contributed by atoms with Gasteiger partial charge in [0.1, 0.15) is 13.1 Å². The third-order valence-corrected chi connectivity index (χ3v) is 5.25. The van der Waals surface area contributed by atoms with Crippen LogP contribution in [-0.2, 0) is 16.0 Å². The number of rotatable bonds is 18. The van der Waals surface area contributed by atoms with E-state index in [1.807, 2.05) is 18.2 Å². The van der Waals surface area contributed by atoms with Crippen LogP contribution in [0, 0.1) is 0 Å². The number of hydrogen-bond acceptors (Lipinski definition) is 3. The maximum absolute atomic E-state index is 11.0. The Morgan fingerprint density at radius 3 is 1.72 bits per heavy atom. The lowest BCUT2D eigenvalue weighted by atomic mass is 10.0. The molecule has 0 saturated heterocycles. The van der Waals surface area contributed by atoms with E-state index in [0.717, 1.165) is 18.4 Å². The molecule has 164 valence electrons. The first kappa shape index (κ1) is 25.0. The van der Waals surface area contributed by atoms with Crippen molar-refractivity contribution in [3.63, 3.8) is 0 Å².